The number of hydrogen-bond donors (Lipinski definition) is 6. The van der Waals surface area contributed by atoms with Crippen molar-refractivity contribution in [3.8, 4) is 0 Å². The predicted octanol–water partition coefficient (Wildman–Crippen LogP) is -0.527. The molecule has 7 N–H and O–H groups in total. The Morgan fingerprint density at radius 1 is 1.23 bits per heavy atom. The lowest BCUT2D eigenvalue weighted by molar-refractivity contribution is -0.141. The molecule has 0 radical (unpaired) electrons. The van der Waals surface area contributed by atoms with Crippen LogP contribution >= 0.6 is 11.8 Å². The molecule has 0 heterocycles. The van der Waals surface area contributed by atoms with Crippen molar-refractivity contribution in [1.82, 2.24) is 5.32 Å². The van der Waals surface area contributed by atoms with Crippen molar-refractivity contribution in [2.75, 3.05) is 24.6 Å². The predicted molar refractivity (Wildman–Crippen MR) is 83.6 cm³/mol. The van der Waals surface area contributed by atoms with Crippen LogP contribution in [0.2, 0.25) is 0 Å². The van der Waals surface area contributed by atoms with Crippen LogP contribution in [0.15, 0.2) is 12.2 Å². The summed E-state index contributed by atoms with van der Waals surface area (Å²) in [5.41, 5.74) is 4.38. The third-order valence-electron chi connectivity index (χ3n) is 1.93. The van der Waals surface area contributed by atoms with Gasteiger partial charge in [-0.25, -0.2) is 9.59 Å². The highest BCUT2D eigenvalue weighted by Gasteiger charge is 2.27. The maximum absolute atomic E-state index is 10.6. The van der Waals surface area contributed by atoms with Gasteiger partial charge < -0.3 is 31.8 Å². The Kier molecular flexibility index (Phi) is 13.0. The number of carboxylic acids is 3. The molecule has 126 valence electrons. The van der Waals surface area contributed by atoms with Gasteiger partial charge in [0.1, 0.15) is 5.54 Å². The highest BCUT2D eigenvalue weighted by molar-refractivity contribution is 7.99. The standard InChI is InChI=1S/C8H17N3O2S.C4H4O4/c1-8(10,7(12)13)6-14-5-4-11-3-2-9;5-3(6)1-2-4(7)8/h2,9,11H,3-6,10H2,1H3,(H,12,13);1-2H,(H,5,6)(H,7,8)/b;2-1-. The summed E-state index contributed by atoms with van der Waals surface area (Å²) in [6.45, 7) is 2.82. The second-order valence-corrected chi connectivity index (χ2v) is 5.30. The van der Waals surface area contributed by atoms with Gasteiger partial charge in [-0.3, -0.25) is 4.79 Å². The summed E-state index contributed by atoms with van der Waals surface area (Å²) in [4.78, 5) is 29.7. The average Bonchev–Trinajstić information content (AvgIpc) is 2.41. The molecular formula is C12H21N3O6S. The van der Waals surface area contributed by atoms with Gasteiger partial charge in [-0.15, -0.1) is 0 Å². The van der Waals surface area contributed by atoms with E-state index in [1.165, 1.54) is 24.9 Å². The van der Waals surface area contributed by atoms with E-state index in [4.69, 9.17) is 26.5 Å². The molecule has 0 aromatic rings. The number of carboxylic acid groups (broad SMARTS) is 3. The molecule has 0 bridgehead atoms. The summed E-state index contributed by atoms with van der Waals surface area (Å²) < 4.78 is 0. The van der Waals surface area contributed by atoms with Crippen LogP contribution in [0, 0.1) is 5.41 Å². The molecular weight excluding hydrogens is 314 g/mol. The SMILES string of the molecule is CC(N)(CSCCNCC=N)C(=O)O.O=C(O)/C=C\C(=O)O. The van der Waals surface area contributed by atoms with Gasteiger partial charge in [-0.2, -0.15) is 11.8 Å². The minimum atomic E-state index is -1.26. The van der Waals surface area contributed by atoms with Gasteiger partial charge >= 0.3 is 17.9 Å². The highest BCUT2D eigenvalue weighted by atomic mass is 32.2. The average molecular weight is 335 g/mol. The lowest BCUT2D eigenvalue weighted by Crippen LogP contribution is -2.47. The van der Waals surface area contributed by atoms with E-state index in [0.717, 1.165) is 12.3 Å². The Morgan fingerprint density at radius 2 is 1.73 bits per heavy atom. The minimum absolute atomic E-state index is 0.397. The number of rotatable bonds is 10. The molecule has 0 aliphatic carbocycles. The van der Waals surface area contributed by atoms with Crippen molar-refractivity contribution in [3.05, 3.63) is 12.2 Å². The topological polar surface area (TPSA) is 174 Å². The summed E-state index contributed by atoms with van der Waals surface area (Å²) >= 11 is 1.50. The molecule has 0 spiro atoms. The number of nitrogens with one attached hydrogen (secondary N) is 2. The highest BCUT2D eigenvalue weighted by Crippen LogP contribution is 2.09. The number of carbonyl (C=O) groups is 3. The van der Waals surface area contributed by atoms with E-state index in [-0.39, 0.29) is 0 Å². The largest absolute Gasteiger partial charge is 0.480 e. The van der Waals surface area contributed by atoms with Crippen LogP contribution in [-0.4, -0.2) is 69.6 Å². The van der Waals surface area contributed by atoms with Crippen LogP contribution in [0.1, 0.15) is 6.92 Å². The Bertz CT molecular complexity index is 396. The van der Waals surface area contributed by atoms with Gasteiger partial charge in [-0.1, -0.05) is 0 Å². The minimum Gasteiger partial charge on any atom is -0.480 e. The summed E-state index contributed by atoms with van der Waals surface area (Å²) in [6, 6.07) is 0. The molecule has 0 aliphatic rings. The van der Waals surface area contributed by atoms with Gasteiger partial charge in [-0.05, 0) is 6.92 Å². The second kappa shape index (κ2) is 12.8. The first-order valence-electron chi connectivity index (χ1n) is 6.07. The Hall–Kier alpha value is -1.91. The van der Waals surface area contributed by atoms with Gasteiger partial charge in [0.25, 0.3) is 0 Å². The van der Waals surface area contributed by atoms with Crippen molar-refractivity contribution < 1.29 is 29.7 Å². The fraction of sp³-hybridized carbons (Fsp3) is 0.500. The summed E-state index contributed by atoms with van der Waals surface area (Å²) in [7, 11) is 0. The van der Waals surface area contributed by atoms with Crippen LogP contribution < -0.4 is 11.1 Å². The maximum atomic E-state index is 10.6. The Labute approximate surface area is 132 Å². The molecule has 0 fully saturated rings. The summed E-state index contributed by atoms with van der Waals surface area (Å²) in [5.74, 6) is -2.29. The van der Waals surface area contributed by atoms with E-state index in [0.29, 0.717) is 24.4 Å². The van der Waals surface area contributed by atoms with Crippen molar-refractivity contribution >= 4 is 35.9 Å². The van der Waals surface area contributed by atoms with Gasteiger partial charge in [0, 0.05) is 43.0 Å². The smallest absolute Gasteiger partial charge is 0.328 e. The Balaban J connectivity index is 0. The molecule has 9 nitrogen and oxygen atoms in total. The van der Waals surface area contributed by atoms with E-state index < -0.39 is 23.4 Å². The maximum Gasteiger partial charge on any atom is 0.328 e. The molecule has 0 rings (SSSR count). The molecule has 0 aliphatic heterocycles. The first kappa shape index (κ1) is 22.4. The second-order valence-electron chi connectivity index (χ2n) is 4.19. The molecule has 0 saturated heterocycles. The van der Waals surface area contributed by atoms with Gasteiger partial charge in [0.2, 0.25) is 0 Å². The fourth-order valence-electron chi connectivity index (χ4n) is 0.807. The van der Waals surface area contributed by atoms with E-state index in [1.54, 1.807) is 0 Å². The van der Waals surface area contributed by atoms with Crippen molar-refractivity contribution in [3.63, 3.8) is 0 Å². The molecule has 0 saturated carbocycles. The number of nitrogens with two attached hydrogens (primary N) is 1. The summed E-state index contributed by atoms with van der Waals surface area (Å²) in [5, 5.41) is 34.1. The van der Waals surface area contributed by atoms with Crippen LogP contribution in [-0.2, 0) is 14.4 Å². The third kappa shape index (κ3) is 16.1. The molecule has 0 amide bonds. The molecule has 0 aromatic heterocycles. The first-order chi connectivity index (χ1) is 10.1. The van der Waals surface area contributed by atoms with Crippen molar-refractivity contribution in [2.45, 2.75) is 12.5 Å². The zero-order valence-corrected chi connectivity index (χ0v) is 12.9. The number of thioether (sulfide) groups is 1. The van der Waals surface area contributed by atoms with E-state index >= 15 is 0 Å². The zero-order chi connectivity index (χ0) is 17.6. The third-order valence-corrected chi connectivity index (χ3v) is 3.23. The first-order valence-corrected chi connectivity index (χ1v) is 7.22. The van der Waals surface area contributed by atoms with Crippen LogP contribution in [0.3, 0.4) is 0 Å². The van der Waals surface area contributed by atoms with Crippen molar-refractivity contribution in [1.29, 1.82) is 5.41 Å². The molecule has 10 heteroatoms. The summed E-state index contributed by atoms with van der Waals surface area (Å²) in [6.07, 6.45) is 2.40. The monoisotopic (exact) mass is 335 g/mol. The van der Waals surface area contributed by atoms with Crippen molar-refractivity contribution in [2.24, 2.45) is 5.73 Å². The molecule has 22 heavy (non-hydrogen) atoms. The van der Waals surface area contributed by atoms with Crippen LogP contribution in [0.4, 0.5) is 0 Å². The number of hydrogen-bond acceptors (Lipinski definition) is 7. The molecule has 1 atom stereocenters. The molecule has 0 aromatic carbocycles. The molecule has 1 unspecified atom stereocenters. The number of aliphatic carboxylic acids is 3. The van der Waals surface area contributed by atoms with Gasteiger partial charge in [0.15, 0.2) is 0 Å². The lowest BCUT2D eigenvalue weighted by atomic mass is 10.1. The fourth-order valence-corrected chi connectivity index (χ4v) is 1.79. The van der Waals surface area contributed by atoms with Crippen LogP contribution in [0.5, 0.6) is 0 Å². The van der Waals surface area contributed by atoms with Crippen LogP contribution in [0.25, 0.3) is 0 Å². The zero-order valence-electron chi connectivity index (χ0n) is 12.1. The van der Waals surface area contributed by atoms with Gasteiger partial charge in [0.05, 0.1) is 0 Å². The Morgan fingerprint density at radius 3 is 2.09 bits per heavy atom. The van der Waals surface area contributed by atoms with E-state index in [1.807, 2.05) is 0 Å². The van der Waals surface area contributed by atoms with E-state index in [9.17, 15) is 14.4 Å². The van der Waals surface area contributed by atoms with E-state index in [2.05, 4.69) is 5.32 Å². The lowest BCUT2D eigenvalue weighted by Gasteiger charge is -2.18. The normalized spacial score (nSPS) is 12.8. The quantitative estimate of drug-likeness (QED) is 0.174.